The van der Waals surface area contributed by atoms with E-state index in [0.717, 1.165) is 0 Å². The summed E-state index contributed by atoms with van der Waals surface area (Å²) < 4.78 is 0. The number of hydrogen-bond donors (Lipinski definition) is 0. The van der Waals surface area contributed by atoms with E-state index in [1.165, 1.54) is 11.1 Å². The van der Waals surface area contributed by atoms with Crippen molar-refractivity contribution in [3.63, 3.8) is 0 Å². The van der Waals surface area contributed by atoms with Crippen LogP contribution in [-0.2, 0) is 0 Å². The van der Waals surface area contributed by atoms with Gasteiger partial charge in [0.05, 0.1) is 0 Å². The molecule has 1 aliphatic carbocycles. The number of hydrogen-bond acceptors (Lipinski definition) is 0. The van der Waals surface area contributed by atoms with Crippen LogP contribution in [0.1, 0.15) is 36.8 Å². The van der Waals surface area contributed by atoms with Crippen LogP contribution in [-0.4, -0.2) is 0 Å². The summed E-state index contributed by atoms with van der Waals surface area (Å²) in [4.78, 5) is 0. The highest BCUT2D eigenvalue weighted by atomic mass is 14.6. The largest absolute Gasteiger partial charge is 0.0622 e. The van der Waals surface area contributed by atoms with Crippen molar-refractivity contribution in [2.24, 2.45) is 5.41 Å². The molecule has 1 unspecified atom stereocenters. The summed E-state index contributed by atoms with van der Waals surface area (Å²) in [6.45, 7) is 4.75. The van der Waals surface area contributed by atoms with Crippen molar-refractivity contribution in [1.29, 1.82) is 0 Å². The molecule has 2 atom stereocenters. The van der Waals surface area contributed by atoms with Gasteiger partial charge in [-0.1, -0.05) is 74.5 Å². The summed E-state index contributed by atoms with van der Waals surface area (Å²) in [6.07, 6.45) is 0. The van der Waals surface area contributed by atoms with Crippen LogP contribution in [0.15, 0.2) is 60.7 Å². The molecule has 0 saturated heterocycles. The fourth-order valence-corrected chi connectivity index (χ4v) is 3.20. The van der Waals surface area contributed by atoms with E-state index >= 15 is 0 Å². The molecule has 17 heavy (non-hydrogen) atoms. The Bertz CT molecular complexity index is 449. The summed E-state index contributed by atoms with van der Waals surface area (Å²) in [6, 6.07) is 21.8. The topological polar surface area (TPSA) is 0 Å². The zero-order valence-corrected chi connectivity index (χ0v) is 10.4. The van der Waals surface area contributed by atoms with Gasteiger partial charge in [-0.05, 0) is 28.4 Å². The monoisotopic (exact) mass is 222 g/mol. The third-order valence-corrected chi connectivity index (χ3v) is 4.14. The van der Waals surface area contributed by atoms with Gasteiger partial charge in [-0.2, -0.15) is 0 Å². The standard InChI is InChI=1S/C17H18/c1-17(2)15(13-9-5-3-6-10-13)16(17)14-11-7-4-8-12-14/h3-12,15-16H,1-2H3/t15-,16?/m0/s1. The van der Waals surface area contributed by atoms with Crippen LogP contribution in [0.5, 0.6) is 0 Å². The fourth-order valence-electron chi connectivity index (χ4n) is 3.20. The van der Waals surface area contributed by atoms with E-state index in [2.05, 4.69) is 74.5 Å². The molecule has 0 nitrogen and oxygen atoms in total. The maximum Gasteiger partial charge on any atom is -0.00304 e. The summed E-state index contributed by atoms with van der Waals surface area (Å²) in [7, 11) is 0. The van der Waals surface area contributed by atoms with E-state index in [9.17, 15) is 0 Å². The highest BCUT2D eigenvalue weighted by Crippen LogP contribution is 2.69. The molecule has 1 aliphatic rings. The van der Waals surface area contributed by atoms with Gasteiger partial charge < -0.3 is 0 Å². The van der Waals surface area contributed by atoms with E-state index in [1.54, 1.807) is 0 Å². The van der Waals surface area contributed by atoms with Crippen molar-refractivity contribution in [3.05, 3.63) is 71.8 Å². The van der Waals surface area contributed by atoms with Crippen LogP contribution < -0.4 is 0 Å². The molecule has 1 fully saturated rings. The molecule has 0 aliphatic heterocycles. The fraction of sp³-hybridized carbons (Fsp3) is 0.294. The first-order chi connectivity index (χ1) is 8.21. The van der Waals surface area contributed by atoms with Gasteiger partial charge in [-0.25, -0.2) is 0 Å². The lowest BCUT2D eigenvalue weighted by Crippen LogP contribution is -1.90. The molecule has 86 valence electrons. The Balaban J connectivity index is 1.95. The smallest absolute Gasteiger partial charge is 0.00304 e. The van der Waals surface area contributed by atoms with Gasteiger partial charge in [0, 0.05) is 0 Å². The molecule has 0 amide bonds. The summed E-state index contributed by atoms with van der Waals surface area (Å²) in [5, 5.41) is 0. The predicted molar refractivity (Wildman–Crippen MR) is 72.1 cm³/mol. The molecule has 0 bridgehead atoms. The van der Waals surface area contributed by atoms with Crippen molar-refractivity contribution in [3.8, 4) is 0 Å². The molecule has 0 N–H and O–H groups in total. The zero-order valence-electron chi connectivity index (χ0n) is 10.4. The average Bonchev–Trinajstić information content (AvgIpc) is 2.94. The molecule has 0 spiro atoms. The lowest BCUT2D eigenvalue weighted by atomic mass is 10.0. The zero-order chi connectivity index (χ0) is 11.9. The van der Waals surface area contributed by atoms with Gasteiger partial charge in [0.2, 0.25) is 0 Å². The van der Waals surface area contributed by atoms with Gasteiger partial charge in [-0.15, -0.1) is 0 Å². The first kappa shape index (κ1) is 10.6. The second-order valence-electron chi connectivity index (χ2n) is 5.60. The minimum atomic E-state index is 0.392. The first-order valence-corrected chi connectivity index (χ1v) is 6.31. The highest BCUT2D eigenvalue weighted by Gasteiger charge is 2.58. The highest BCUT2D eigenvalue weighted by molar-refractivity contribution is 5.42. The second kappa shape index (κ2) is 3.73. The maximum atomic E-state index is 2.38. The Morgan fingerprint density at radius 1 is 0.647 bits per heavy atom. The molecule has 0 heteroatoms. The SMILES string of the molecule is CC1(C)C(c2ccccc2)[C@@H]1c1ccccc1. The Hall–Kier alpha value is -1.56. The van der Waals surface area contributed by atoms with Crippen molar-refractivity contribution in [2.75, 3.05) is 0 Å². The van der Waals surface area contributed by atoms with Crippen molar-refractivity contribution >= 4 is 0 Å². The van der Waals surface area contributed by atoms with Gasteiger partial charge in [-0.3, -0.25) is 0 Å². The molecular weight excluding hydrogens is 204 g/mol. The van der Waals surface area contributed by atoms with Gasteiger partial charge in [0.25, 0.3) is 0 Å². The molecule has 2 aromatic carbocycles. The van der Waals surface area contributed by atoms with Crippen molar-refractivity contribution in [1.82, 2.24) is 0 Å². The van der Waals surface area contributed by atoms with E-state index in [4.69, 9.17) is 0 Å². The minimum absolute atomic E-state index is 0.392. The molecule has 1 saturated carbocycles. The molecule has 0 aromatic heterocycles. The third-order valence-electron chi connectivity index (χ3n) is 4.14. The van der Waals surface area contributed by atoms with E-state index in [-0.39, 0.29) is 0 Å². The van der Waals surface area contributed by atoms with Crippen LogP contribution in [0, 0.1) is 5.41 Å². The Labute approximate surface area is 103 Å². The number of benzene rings is 2. The van der Waals surface area contributed by atoms with Gasteiger partial charge in [0.15, 0.2) is 0 Å². The van der Waals surface area contributed by atoms with E-state index in [1.807, 2.05) is 0 Å². The van der Waals surface area contributed by atoms with Crippen molar-refractivity contribution in [2.45, 2.75) is 25.7 Å². The summed E-state index contributed by atoms with van der Waals surface area (Å²) >= 11 is 0. The van der Waals surface area contributed by atoms with E-state index < -0.39 is 0 Å². The van der Waals surface area contributed by atoms with Crippen molar-refractivity contribution < 1.29 is 0 Å². The minimum Gasteiger partial charge on any atom is -0.0622 e. The van der Waals surface area contributed by atoms with Crippen LogP contribution in [0.4, 0.5) is 0 Å². The third kappa shape index (κ3) is 1.68. The maximum absolute atomic E-state index is 2.38. The predicted octanol–water partition coefficient (Wildman–Crippen LogP) is 4.59. The number of rotatable bonds is 2. The molecule has 2 aromatic rings. The van der Waals surface area contributed by atoms with Crippen LogP contribution in [0.2, 0.25) is 0 Å². The molecular formula is C17H18. The summed E-state index contributed by atoms with van der Waals surface area (Å²) in [5.74, 6) is 1.34. The Morgan fingerprint density at radius 3 is 1.35 bits per heavy atom. The van der Waals surface area contributed by atoms with Crippen LogP contribution in [0.25, 0.3) is 0 Å². The van der Waals surface area contributed by atoms with E-state index in [0.29, 0.717) is 17.3 Å². The van der Waals surface area contributed by atoms with Crippen LogP contribution in [0.3, 0.4) is 0 Å². The molecule has 3 rings (SSSR count). The molecule has 0 radical (unpaired) electrons. The first-order valence-electron chi connectivity index (χ1n) is 6.31. The Morgan fingerprint density at radius 2 is 1.00 bits per heavy atom. The normalized spacial score (nSPS) is 25.5. The summed E-state index contributed by atoms with van der Waals surface area (Å²) in [5.41, 5.74) is 3.35. The van der Waals surface area contributed by atoms with Crippen LogP contribution >= 0.6 is 0 Å². The lowest BCUT2D eigenvalue weighted by Gasteiger charge is -2.01. The molecule has 0 heterocycles. The lowest BCUT2D eigenvalue weighted by molar-refractivity contribution is 0.601. The quantitative estimate of drug-likeness (QED) is 0.697. The van der Waals surface area contributed by atoms with Gasteiger partial charge >= 0.3 is 0 Å². The average molecular weight is 222 g/mol. The Kier molecular flexibility index (Phi) is 2.32. The second-order valence-corrected chi connectivity index (χ2v) is 5.60. The van der Waals surface area contributed by atoms with Gasteiger partial charge in [0.1, 0.15) is 0 Å².